The van der Waals surface area contributed by atoms with Crippen molar-refractivity contribution < 1.29 is 4.42 Å². The fourth-order valence-corrected chi connectivity index (χ4v) is 3.89. The van der Waals surface area contributed by atoms with Crippen LogP contribution in [0, 0.1) is 11.3 Å². The minimum Gasteiger partial charge on any atom is -0.455 e. The van der Waals surface area contributed by atoms with Gasteiger partial charge in [-0.1, -0.05) is 45.9 Å². The third-order valence-corrected chi connectivity index (χ3v) is 5.44. The lowest BCUT2D eigenvalue weighted by atomic mass is 9.88. The predicted molar refractivity (Wildman–Crippen MR) is 116 cm³/mol. The molecule has 0 fully saturated rings. The minimum absolute atomic E-state index is 0.352. The number of nitrogens with two attached hydrogens (primary N) is 1. The molecule has 0 aliphatic carbocycles. The van der Waals surface area contributed by atoms with Crippen molar-refractivity contribution in [2.24, 2.45) is 0 Å². The van der Waals surface area contributed by atoms with Crippen molar-refractivity contribution >= 4 is 27.6 Å². The van der Waals surface area contributed by atoms with Gasteiger partial charge in [0.2, 0.25) is 0 Å². The Morgan fingerprint density at radius 2 is 1.54 bits per heavy atom. The number of benzene rings is 3. The summed E-state index contributed by atoms with van der Waals surface area (Å²) in [6.07, 6.45) is 0. The van der Waals surface area contributed by atoms with Crippen LogP contribution in [0.2, 0.25) is 0 Å². The molecule has 3 nitrogen and oxygen atoms in total. The van der Waals surface area contributed by atoms with Crippen LogP contribution in [0.15, 0.2) is 52.9 Å². The fourth-order valence-electron chi connectivity index (χ4n) is 3.89. The summed E-state index contributed by atoms with van der Waals surface area (Å²) in [6, 6.07) is 18.5. The lowest BCUT2D eigenvalue weighted by Gasteiger charge is -2.19. The maximum Gasteiger partial charge on any atom is 0.153 e. The van der Waals surface area contributed by atoms with Gasteiger partial charge < -0.3 is 10.2 Å². The monoisotopic (exact) mass is 368 g/mol. The number of anilines is 1. The van der Waals surface area contributed by atoms with Gasteiger partial charge in [-0.05, 0) is 64.4 Å². The molecule has 0 unspecified atom stereocenters. The summed E-state index contributed by atoms with van der Waals surface area (Å²) in [5, 5.41) is 11.4. The molecule has 0 saturated heterocycles. The van der Waals surface area contributed by atoms with Crippen molar-refractivity contribution in [1.82, 2.24) is 0 Å². The Bertz CT molecular complexity index is 1210. The van der Waals surface area contributed by atoms with E-state index in [9.17, 15) is 5.26 Å². The van der Waals surface area contributed by atoms with Gasteiger partial charge in [0.05, 0.1) is 5.56 Å². The number of hydrogen-bond acceptors (Lipinski definition) is 3. The normalized spacial score (nSPS) is 11.6. The van der Waals surface area contributed by atoms with E-state index in [1.54, 1.807) is 6.07 Å². The van der Waals surface area contributed by atoms with Crippen LogP contribution >= 0.6 is 0 Å². The molecule has 3 aromatic carbocycles. The molecular weight excluding hydrogens is 344 g/mol. The van der Waals surface area contributed by atoms with Crippen LogP contribution in [0.1, 0.15) is 56.2 Å². The summed E-state index contributed by atoms with van der Waals surface area (Å²) >= 11 is 0. The Morgan fingerprint density at radius 3 is 2.14 bits per heavy atom. The number of furan rings is 1. The minimum atomic E-state index is 0.352. The summed E-state index contributed by atoms with van der Waals surface area (Å²) in [5.74, 6) is 0.705. The molecule has 0 bridgehead atoms. The van der Waals surface area contributed by atoms with Crippen molar-refractivity contribution in [2.75, 3.05) is 5.73 Å². The Kier molecular flexibility index (Phi) is 4.35. The van der Waals surface area contributed by atoms with Gasteiger partial charge in [-0.25, -0.2) is 0 Å². The second-order valence-corrected chi connectivity index (χ2v) is 7.98. The van der Waals surface area contributed by atoms with Crippen molar-refractivity contribution in [1.29, 1.82) is 5.26 Å². The topological polar surface area (TPSA) is 63.0 Å². The predicted octanol–water partition coefficient (Wildman–Crippen LogP) is 6.95. The summed E-state index contributed by atoms with van der Waals surface area (Å²) < 4.78 is 6.07. The molecule has 4 aromatic rings. The van der Waals surface area contributed by atoms with E-state index >= 15 is 0 Å². The first-order chi connectivity index (χ1) is 13.4. The van der Waals surface area contributed by atoms with E-state index in [1.807, 2.05) is 12.1 Å². The van der Waals surface area contributed by atoms with Crippen molar-refractivity contribution in [3.05, 3.63) is 65.2 Å². The van der Waals surface area contributed by atoms with Crippen LogP contribution < -0.4 is 5.73 Å². The Morgan fingerprint density at radius 1 is 0.857 bits per heavy atom. The molecule has 0 radical (unpaired) electrons. The zero-order valence-electron chi connectivity index (χ0n) is 16.7. The zero-order chi connectivity index (χ0) is 20.0. The molecule has 28 heavy (non-hydrogen) atoms. The van der Waals surface area contributed by atoms with E-state index in [-0.39, 0.29) is 0 Å². The van der Waals surface area contributed by atoms with Crippen LogP contribution in [0.3, 0.4) is 0 Å². The van der Waals surface area contributed by atoms with Crippen LogP contribution in [-0.2, 0) is 0 Å². The number of hydrogen-bond donors (Lipinski definition) is 1. The molecule has 0 atom stereocenters. The molecule has 2 N–H and O–H groups in total. The molecule has 0 spiro atoms. The van der Waals surface area contributed by atoms with Gasteiger partial charge in [0, 0.05) is 16.5 Å². The summed E-state index contributed by atoms with van der Waals surface area (Å²) in [4.78, 5) is 0. The van der Waals surface area contributed by atoms with Gasteiger partial charge >= 0.3 is 0 Å². The van der Waals surface area contributed by atoms with Gasteiger partial charge in [0.1, 0.15) is 11.7 Å². The molecule has 0 amide bonds. The number of rotatable bonds is 3. The molecule has 1 heterocycles. The lowest BCUT2D eigenvalue weighted by molar-refractivity contribution is 0.668. The van der Waals surface area contributed by atoms with E-state index in [2.05, 4.69) is 64.1 Å². The van der Waals surface area contributed by atoms with Crippen molar-refractivity contribution in [3.8, 4) is 17.2 Å². The SMILES string of the molecule is CC(C)c1cc(-c2ccc3c(c2)oc2c(C#N)cccc23)cc(C(C)C)c1N. The first kappa shape index (κ1) is 18.1. The summed E-state index contributed by atoms with van der Waals surface area (Å²) in [5.41, 5.74) is 14.0. The van der Waals surface area contributed by atoms with Crippen molar-refractivity contribution in [2.45, 2.75) is 39.5 Å². The Hall–Kier alpha value is -3.25. The van der Waals surface area contributed by atoms with Crippen LogP contribution in [0.25, 0.3) is 33.1 Å². The average molecular weight is 368 g/mol. The molecule has 0 aliphatic heterocycles. The van der Waals surface area contributed by atoms with E-state index < -0.39 is 0 Å². The van der Waals surface area contributed by atoms with E-state index in [4.69, 9.17) is 10.2 Å². The Labute approximate surface area is 165 Å². The molecular formula is C25H24N2O. The van der Waals surface area contributed by atoms with Crippen molar-refractivity contribution in [3.63, 3.8) is 0 Å². The van der Waals surface area contributed by atoms with Gasteiger partial charge in [0.25, 0.3) is 0 Å². The highest BCUT2D eigenvalue weighted by Gasteiger charge is 2.16. The van der Waals surface area contributed by atoms with E-state index in [0.29, 0.717) is 23.0 Å². The number of nitrogens with zero attached hydrogens (tertiary/aromatic N) is 1. The number of nitrogen functional groups attached to an aromatic ring is 1. The smallest absolute Gasteiger partial charge is 0.153 e. The quantitative estimate of drug-likeness (QED) is 0.398. The third-order valence-electron chi connectivity index (χ3n) is 5.44. The Balaban J connectivity index is 1.95. The molecule has 1 aromatic heterocycles. The highest BCUT2D eigenvalue weighted by atomic mass is 16.3. The van der Waals surface area contributed by atoms with Gasteiger partial charge in [0.15, 0.2) is 5.58 Å². The van der Waals surface area contributed by atoms with Gasteiger partial charge in [-0.15, -0.1) is 0 Å². The molecule has 0 saturated carbocycles. The molecule has 0 aliphatic rings. The van der Waals surface area contributed by atoms with Gasteiger partial charge in [-0.3, -0.25) is 0 Å². The molecule has 140 valence electrons. The lowest BCUT2D eigenvalue weighted by Crippen LogP contribution is -2.03. The van der Waals surface area contributed by atoms with E-state index in [1.165, 1.54) is 11.1 Å². The first-order valence-corrected chi connectivity index (χ1v) is 9.69. The summed E-state index contributed by atoms with van der Waals surface area (Å²) in [7, 11) is 0. The maximum absolute atomic E-state index is 9.36. The number of nitriles is 1. The highest BCUT2D eigenvalue weighted by Crippen LogP contribution is 2.38. The van der Waals surface area contributed by atoms with Gasteiger partial charge in [-0.2, -0.15) is 5.26 Å². The van der Waals surface area contributed by atoms with E-state index in [0.717, 1.165) is 33.2 Å². The number of fused-ring (bicyclic) bond motifs is 3. The zero-order valence-corrected chi connectivity index (χ0v) is 16.7. The second-order valence-electron chi connectivity index (χ2n) is 7.98. The average Bonchev–Trinajstić information content (AvgIpc) is 3.05. The molecule has 3 heteroatoms. The largest absolute Gasteiger partial charge is 0.455 e. The summed E-state index contributed by atoms with van der Waals surface area (Å²) in [6.45, 7) is 8.69. The van der Waals surface area contributed by atoms with Crippen LogP contribution in [-0.4, -0.2) is 0 Å². The van der Waals surface area contributed by atoms with Crippen LogP contribution in [0.5, 0.6) is 0 Å². The van der Waals surface area contributed by atoms with Crippen LogP contribution in [0.4, 0.5) is 5.69 Å². The first-order valence-electron chi connectivity index (χ1n) is 9.69. The second kappa shape index (κ2) is 6.73. The maximum atomic E-state index is 9.36. The standard InChI is InChI=1S/C25H24N2O/c1-14(2)21-10-18(11-22(15(3)4)24(21)27)16-8-9-19-20-7-5-6-17(13-26)25(20)28-23(19)12-16/h5-12,14-15H,27H2,1-4H3. The highest BCUT2D eigenvalue weighted by molar-refractivity contribution is 6.07. The third kappa shape index (κ3) is 2.82. The molecule has 4 rings (SSSR count). The number of para-hydroxylation sites is 1. The fraction of sp³-hybridized carbons (Fsp3) is 0.240.